The van der Waals surface area contributed by atoms with Gasteiger partial charge in [-0.1, -0.05) is 24.6 Å². The Balaban J connectivity index is 1.28. The number of halogens is 4. The van der Waals surface area contributed by atoms with Crippen molar-refractivity contribution in [2.45, 2.75) is 62.8 Å². The van der Waals surface area contributed by atoms with Crippen LogP contribution in [-0.2, 0) is 13.1 Å². The molecule has 5 rings (SSSR count). The summed E-state index contributed by atoms with van der Waals surface area (Å²) in [6.45, 7) is 3.96. The van der Waals surface area contributed by atoms with Crippen LogP contribution in [0, 0.1) is 5.92 Å². The Hall–Kier alpha value is -2.16. The first-order valence-corrected chi connectivity index (χ1v) is 14.2. The van der Waals surface area contributed by atoms with E-state index < -0.39 is 12.1 Å². The number of benzene rings is 2. The van der Waals surface area contributed by atoms with Crippen molar-refractivity contribution in [2.75, 3.05) is 18.8 Å². The summed E-state index contributed by atoms with van der Waals surface area (Å²) in [5, 5.41) is 4.60. The molecule has 2 aromatic carbocycles. The number of hydrogen-bond acceptors (Lipinski definition) is 3. The van der Waals surface area contributed by atoms with E-state index in [-0.39, 0.29) is 18.7 Å². The van der Waals surface area contributed by atoms with Crippen molar-refractivity contribution in [1.82, 2.24) is 14.8 Å². The van der Waals surface area contributed by atoms with Crippen molar-refractivity contribution >= 4 is 40.2 Å². The third-order valence-electron chi connectivity index (χ3n) is 7.30. The van der Waals surface area contributed by atoms with Crippen LogP contribution in [0.3, 0.4) is 0 Å². The maximum Gasteiger partial charge on any atom is 0.391 e. The van der Waals surface area contributed by atoms with Crippen molar-refractivity contribution in [2.24, 2.45) is 5.92 Å². The molecule has 4 nitrogen and oxygen atoms in total. The van der Waals surface area contributed by atoms with Gasteiger partial charge in [-0.25, -0.2) is 0 Å². The predicted octanol–water partition coefficient (Wildman–Crippen LogP) is 7.45. The SMILES string of the molecule is CCSc1ccc(CNC(=O)c2ccc3c(c2)cc(CN2CCC(C(F)(F)F)CC2)n3C2CC2)c(Cl)c1. The van der Waals surface area contributed by atoms with E-state index in [1.54, 1.807) is 11.8 Å². The molecule has 37 heavy (non-hydrogen) atoms. The minimum absolute atomic E-state index is 0.154. The van der Waals surface area contributed by atoms with E-state index in [1.165, 1.54) is 0 Å². The summed E-state index contributed by atoms with van der Waals surface area (Å²) in [5.74, 6) is -0.391. The molecule has 2 aliphatic rings. The van der Waals surface area contributed by atoms with Crippen LogP contribution in [0.15, 0.2) is 47.4 Å². The van der Waals surface area contributed by atoms with Gasteiger partial charge in [-0.05, 0) is 86.5 Å². The van der Waals surface area contributed by atoms with Crippen LogP contribution in [-0.4, -0.2) is 40.4 Å². The lowest BCUT2D eigenvalue weighted by Crippen LogP contribution is -2.38. The molecule has 1 amide bonds. The fraction of sp³-hybridized carbons (Fsp3) is 0.464. The van der Waals surface area contributed by atoms with Gasteiger partial charge in [0.15, 0.2) is 0 Å². The lowest BCUT2D eigenvalue weighted by atomic mass is 9.96. The zero-order valence-corrected chi connectivity index (χ0v) is 22.4. The van der Waals surface area contributed by atoms with Gasteiger partial charge in [0.2, 0.25) is 0 Å². The monoisotopic (exact) mass is 549 g/mol. The molecule has 0 radical (unpaired) electrons. The molecule has 2 fully saturated rings. The molecule has 0 bridgehead atoms. The second-order valence-corrected chi connectivity index (χ2v) is 11.7. The van der Waals surface area contributed by atoms with Crippen molar-refractivity contribution in [3.63, 3.8) is 0 Å². The van der Waals surface area contributed by atoms with Gasteiger partial charge in [-0.3, -0.25) is 9.69 Å². The fourth-order valence-corrected chi connectivity index (χ4v) is 6.18. The number of nitrogens with zero attached hydrogens (tertiary/aromatic N) is 2. The molecule has 1 aliphatic carbocycles. The normalized spacial score (nSPS) is 17.4. The highest BCUT2D eigenvalue weighted by Gasteiger charge is 2.41. The number of carbonyl (C=O) groups excluding carboxylic acids is 1. The number of nitrogens with one attached hydrogen (secondary N) is 1. The van der Waals surface area contributed by atoms with Crippen LogP contribution in [0.2, 0.25) is 5.02 Å². The molecular formula is C28H31ClF3N3OS. The van der Waals surface area contributed by atoms with Gasteiger partial charge in [0.05, 0.1) is 5.92 Å². The molecule has 1 aromatic heterocycles. The summed E-state index contributed by atoms with van der Waals surface area (Å²) in [5.41, 5.74) is 3.63. The van der Waals surface area contributed by atoms with Crippen LogP contribution in [0.5, 0.6) is 0 Å². The quantitative estimate of drug-likeness (QED) is 0.297. The maximum absolute atomic E-state index is 13.1. The van der Waals surface area contributed by atoms with Crippen LogP contribution in [0.1, 0.15) is 60.3 Å². The Kier molecular flexibility index (Phi) is 7.80. The van der Waals surface area contributed by atoms with Gasteiger partial charge in [0, 0.05) is 51.2 Å². The number of fused-ring (bicyclic) bond motifs is 1. The standard InChI is InChI=1S/C28H31ClF3N3OS/c1-2-37-24-7-3-19(25(29)15-24)16-33-27(36)18-4-8-26-20(13-18)14-23(35(26)22-5-6-22)17-34-11-9-21(10-12-34)28(30,31)32/h3-4,7-8,13-15,21-22H,2,5-6,9-12,16-17H2,1H3,(H,33,36). The van der Waals surface area contributed by atoms with E-state index in [2.05, 4.69) is 27.8 Å². The minimum atomic E-state index is -4.10. The third-order valence-corrected chi connectivity index (χ3v) is 8.53. The van der Waals surface area contributed by atoms with Gasteiger partial charge in [0.1, 0.15) is 0 Å². The Morgan fingerprint density at radius 3 is 2.49 bits per heavy atom. The lowest BCUT2D eigenvalue weighted by Gasteiger charge is -2.33. The van der Waals surface area contributed by atoms with E-state index in [0.29, 0.717) is 42.8 Å². The number of hydrogen-bond donors (Lipinski definition) is 1. The van der Waals surface area contributed by atoms with E-state index in [9.17, 15) is 18.0 Å². The summed E-state index contributed by atoms with van der Waals surface area (Å²) >= 11 is 8.13. The van der Waals surface area contributed by atoms with Gasteiger partial charge in [-0.15, -0.1) is 11.8 Å². The molecule has 1 saturated heterocycles. The van der Waals surface area contributed by atoms with Crippen molar-refractivity contribution in [3.05, 3.63) is 64.3 Å². The molecule has 2 heterocycles. The Morgan fingerprint density at radius 2 is 1.84 bits per heavy atom. The second-order valence-electron chi connectivity index (χ2n) is 9.97. The van der Waals surface area contributed by atoms with Crippen molar-refractivity contribution in [1.29, 1.82) is 0 Å². The molecule has 1 saturated carbocycles. The largest absolute Gasteiger partial charge is 0.391 e. The molecule has 1 N–H and O–H groups in total. The van der Waals surface area contributed by atoms with Gasteiger partial charge in [0.25, 0.3) is 5.91 Å². The summed E-state index contributed by atoms with van der Waals surface area (Å²) in [6, 6.07) is 14.2. The molecule has 0 unspecified atom stereocenters. The molecule has 1 aliphatic heterocycles. The summed E-state index contributed by atoms with van der Waals surface area (Å²) in [7, 11) is 0. The Morgan fingerprint density at radius 1 is 1.08 bits per heavy atom. The first-order valence-electron chi connectivity index (χ1n) is 12.8. The highest BCUT2D eigenvalue weighted by atomic mass is 35.5. The van der Waals surface area contributed by atoms with Crippen LogP contribution >= 0.6 is 23.4 Å². The number of rotatable bonds is 8. The molecule has 0 spiro atoms. The summed E-state index contributed by atoms with van der Waals surface area (Å²) in [6.07, 6.45) is -1.59. The zero-order chi connectivity index (χ0) is 26.2. The second kappa shape index (κ2) is 10.9. The number of piperidine rings is 1. The average molecular weight is 550 g/mol. The van der Waals surface area contributed by atoms with E-state index in [0.717, 1.165) is 45.7 Å². The first-order chi connectivity index (χ1) is 17.7. The van der Waals surface area contributed by atoms with Gasteiger partial charge < -0.3 is 9.88 Å². The molecular weight excluding hydrogens is 519 g/mol. The summed E-state index contributed by atoms with van der Waals surface area (Å²) < 4.78 is 41.5. The van der Waals surface area contributed by atoms with E-state index in [4.69, 9.17) is 11.6 Å². The van der Waals surface area contributed by atoms with Gasteiger partial charge in [-0.2, -0.15) is 13.2 Å². The number of alkyl halides is 3. The third kappa shape index (κ3) is 6.13. The number of amides is 1. The van der Waals surface area contributed by atoms with Crippen LogP contribution in [0.4, 0.5) is 13.2 Å². The summed E-state index contributed by atoms with van der Waals surface area (Å²) in [4.78, 5) is 16.2. The fourth-order valence-electron chi connectivity index (χ4n) is 5.17. The average Bonchev–Trinajstić information content (AvgIpc) is 3.63. The smallest absolute Gasteiger partial charge is 0.348 e. The number of likely N-dealkylation sites (tertiary alicyclic amines) is 1. The molecule has 3 aromatic rings. The highest BCUT2D eigenvalue weighted by molar-refractivity contribution is 7.99. The van der Waals surface area contributed by atoms with E-state index in [1.807, 2.05) is 36.4 Å². The minimum Gasteiger partial charge on any atom is -0.348 e. The predicted molar refractivity (Wildman–Crippen MR) is 143 cm³/mol. The Bertz CT molecular complexity index is 1280. The zero-order valence-electron chi connectivity index (χ0n) is 20.8. The Labute approximate surface area is 224 Å². The van der Waals surface area contributed by atoms with Gasteiger partial charge >= 0.3 is 6.18 Å². The molecule has 198 valence electrons. The van der Waals surface area contributed by atoms with Crippen molar-refractivity contribution < 1.29 is 18.0 Å². The van der Waals surface area contributed by atoms with E-state index >= 15 is 0 Å². The molecule has 9 heteroatoms. The van der Waals surface area contributed by atoms with Crippen LogP contribution in [0.25, 0.3) is 10.9 Å². The molecule has 0 atom stereocenters. The highest BCUT2D eigenvalue weighted by Crippen LogP contribution is 2.41. The first kappa shape index (κ1) is 26.4. The number of thioether (sulfide) groups is 1. The number of carbonyl (C=O) groups is 1. The number of aromatic nitrogens is 1. The maximum atomic E-state index is 13.1. The lowest BCUT2D eigenvalue weighted by molar-refractivity contribution is -0.185. The van der Waals surface area contributed by atoms with Crippen LogP contribution < -0.4 is 5.32 Å². The topological polar surface area (TPSA) is 37.3 Å². The van der Waals surface area contributed by atoms with Crippen molar-refractivity contribution in [3.8, 4) is 0 Å².